The summed E-state index contributed by atoms with van der Waals surface area (Å²) in [5.74, 6) is -0.624. The van der Waals surface area contributed by atoms with Gasteiger partial charge in [0.05, 0.1) is 5.56 Å². The maximum atomic E-state index is 12.2. The molecule has 1 aromatic rings. The zero-order chi connectivity index (χ0) is 15.6. The largest absolute Gasteiger partial charge is 0.478 e. The van der Waals surface area contributed by atoms with Gasteiger partial charge < -0.3 is 10.4 Å². The molecule has 2 atom stereocenters. The van der Waals surface area contributed by atoms with Crippen LogP contribution in [0.5, 0.6) is 0 Å². The summed E-state index contributed by atoms with van der Waals surface area (Å²) in [4.78, 5) is 24.8. The molecule has 0 radical (unpaired) electrons. The van der Waals surface area contributed by atoms with E-state index in [1.165, 1.54) is 11.0 Å². The maximum absolute atomic E-state index is 12.2. The summed E-state index contributed by atoms with van der Waals surface area (Å²) in [7, 11) is -0.980. The number of hydrogen-bond acceptors (Lipinski definition) is 3. The van der Waals surface area contributed by atoms with Gasteiger partial charge in [-0.15, -0.1) is 0 Å². The molecule has 0 bridgehead atoms. The number of amides is 2. The number of carbonyl (C=O) groups is 2. The van der Waals surface area contributed by atoms with Crippen LogP contribution in [-0.2, 0) is 17.2 Å². The number of carboxylic acid groups (broad SMARTS) is 1. The first-order chi connectivity index (χ1) is 9.88. The van der Waals surface area contributed by atoms with Crippen molar-refractivity contribution in [3.05, 3.63) is 29.3 Å². The average molecular weight is 310 g/mol. The van der Waals surface area contributed by atoms with Crippen molar-refractivity contribution in [1.82, 2.24) is 5.32 Å². The van der Waals surface area contributed by atoms with Crippen LogP contribution in [0.4, 0.5) is 10.5 Å². The van der Waals surface area contributed by atoms with Gasteiger partial charge in [-0.1, -0.05) is 6.07 Å². The highest BCUT2D eigenvalue weighted by Gasteiger charge is 2.26. The summed E-state index contributed by atoms with van der Waals surface area (Å²) >= 11 is 0. The maximum Gasteiger partial charge on any atom is 0.335 e. The smallest absolute Gasteiger partial charge is 0.335 e. The third kappa shape index (κ3) is 3.60. The molecule has 0 fully saturated rings. The van der Waals surface area contributed by atoms with E-state index in [-0.39, 0.29) is 17.6 Å². The van der Waals surface area contributed by atoms with E-state index >= 15 is 0 Å². The van der Waals surface area contributed by atoms with Crippen LogP contribution in [0.3, 0.4) is 0 Å². The van der Waals surface area contributed by atoms with Gasteiger partial charge in [0.2, 0.25) is 0 Å². The number of carboxylic acids is 1. The Balaban J connectivity index is 2.14. The number of urea groups is 1. The third-order valence-corrected chi connectivity index (χ3v) is 4.30. The van der Waals surface area contributed by atoms with Crippen molar-refractivity contribution in [1.29, 1.82) is 0 Å². The normalized spacial score (nSPS) is 16.2. The summed E-state index contributed by atoms with van der Waals surface area (Å²) in [5.41, 5.74) is 1.76. The van der Waals surface area contributed by atoms with Gasteiger partial charge in [0.25, 0.3) is 0 Å². The lowest BCUT2D eigenvalue weighted by atomic mass is 10.1. The lowest BCUT2D eigenvalue weighted by molar-refractivity contribution is 0.0697. The number of nitrogens with one attached hydrogen (secondary N) is 1. The summed E-state index contributed by atoms with van der Waals surface area (Å²) in [6.45, 7) is 2.32. The Kier molecular flexibility index (Phi) is 4.62. The Bertz CT molecular complexity index is 603. The number of aromatic carboxylic acids is 1. The summed E-state index contributed by atoms with van der Waals surface area (Å²) in [6.07, 6.45) is 2.30. The van der Waals surface area contributed by atoms with Crippen molar-refractivity contribution in [2.75, 3.05) is 23.5 Å². The van der Waals surface area contributed by atoms with Gasteiger partial charge in [-0.2, -0.15) is 0 Å². The van der Waals surface area contributed by atoms with Gasteiger partial charge in [0, 0.05) is 41.1 Å². The molecule has 1 heterocycles. The molecule has 0 saturated heterocycles. The highest BCUT2D eigenvalue weighted by Crippen LogP contribution is 2.29. The zero-order valence-corrected chi connectivity index (χ0v) is 12.8. The van der Waals surface area contributed by atoms with Crippen LogP contribution >= 0.6 is 0 Å². The minimum atomic E-state index is -1.01. The SMILES string of the molecule is CC(CS(C)=O)NC(=O)N1CCc2ccc(C(=O)O)cc21. The molecule has 7 heteroatoms. The van der Waals surface area contributed by atoms with Gasteiger partial charge in [0.1, 0.15) is 0 Å². The molecule has 1 aromatic carbocycles. The fourth-order valence-electron chi connectivity index (χ4n) is 2.41. The van der Waals surface area contributed by atoms with Crippen molar-refractivity contribution in [2.45, 2.75) is 19.4 Å². The minimum absolute atomic E-state index is 0.163. The summed E-state index contributed by atoms with van der Waals surface area (Å²) in [6, 6.07) is 4.33. The molecule has 6 nitrogen and oxygen atoms in total. The minimum Gasteiger partial charge on any atom is -0.478 e. The molecule has 0 aliphatic carbocycles. The van der Waals surface area contributed by atoms with Gasteiger partial charge in [-0.25, -0.2) is 9.59 Å². The van der Waals surface area contributed by atoms with Crippen molar-refractivity contribution in [2.24, 2.45) is 0 Å². The van der Waals surface area contributed by atoms with Gasteiger partial charge in [-0.3, -0.25) is 9.11 Å². The van der Waals surface area contributed by atoms with E-state index in [1.54, 1.807) is 25.3 Å². The molecule has 0 aromatic heterocycles. The molecule has 21 heavy (non-hydrogen) atoms. The summed E-state index contributed by atoms with van der Waals surface area (Å²) < 4.78 is 11.2. The molecular formula is C14H18N2O4S. The van der Waals surface area contributed by atoms with Crippen LogP contribution in [0.15, 0.2) is 18.2 Å². The lowest BCUT2D eigenvalue weighted by Gasteiger charge is -2.21. The predicted molar refractivity (Wildman–Crippen MR) is 81.4 cm³/mol. The van der Waals surface area contributed by atoms with E-state index in [9.17, 15) is 13.8 Å². The van der Waals surface area contributed by atoms with E-state index in [0.29, 0.717) is 24.4 Å². The van der Waals surface area contributed by atoms with Crippen LogP contribution in [0.1, 0.15) is 22.8 Å². The number of fused-ring (bicyclic) bond motifs is 1. The van der Waals surface area contributed by atoms with Crippen LogP contribution in [-0.4, -0.2) is 45.9 Å². The molecule has 0 saturated carbocycles. The first-order valence-corrected chi connectivity index (χ1v) is 8.35. The quantitative estimate of drug-likeness (QED) is 0.875. The second-order valence-electron chi connectivity index (χ2n) is 5.14. The predicted octanol–water partition coefficient (Wildman–Crippen LogP) is 1.22. The van der Waals surface area contributed by atoms with Crippen LogP contribution in [0, 0.1) is 0 Å². The Labute approximate surface area is 125 Å². The second-order valence-corrected chi connectivity index (χ2v) is 6.62. The highest BCUT2D eigenvalue weighted by atomic mass is 32.2. The Morgan fingerprint density at radius 1 is 1.48 bits per heavy atom. The fourth-order valence-corrected chi connectivity index (χ4v) is 3.19. The number of hydrogen-bond donors (Lipinski definition) is 2. The topological polar surface area (TPSA) is 86.7 Å². The first-order valence-electron chi connectivity index (χ1n) is 6.62. The number of anilines is 1. The second kappa shape index (κ2) is 6.26. The monoisotopic (exact) mass is 310 g/mol. The zero-order valence-electron chi connectivity index (χ0n) is 12.0. The molecule has 1 aliphatic rings. The summed E-state index contributed by atoms with van der Waals surface area (Å²) in [5, 5.41) is 11.8. The van der Waals surface area contributed by atoms with Crippen LogP contribution in [0.2, 0.25) is 0 Å². The van der Waals surface area contributed by atoms with Crippen molar-refractivity contribution in [3.63, 3.8) is 0 Å². The standard InChI is InChI=1S/C14H18N2O4S/c1-9(8-21(2)20)15-14(19)16-6-5-10-3-4-11(13(17)18)7-12(10)16/h3-4,7,9H,5-6,8H2,1-2H3,(H,15,19)(H,17,18). The first kappa shape index (κ1) is 15.5. The molecule has 2 rings (SSSR count). The molecule has 0 spiro atoms. The van der Waals surface area contributed by atoms with Gasteiger partial charge in [0.15, 0.2) is 0 Å². The molecule has 114 valence electrons. The van der Waals surface area contributed by atoms with Gasteiger partial charge in [-0.05, 0) is 31.0 Å². The average Bonchev–Trinajstić information content (AvgIpc) is 2.79. The van der Waals surface area contributed by atoms with Crippen LogP contribution in [0.25, 0.3) is 0 Å². The number of nitrogens with zero attached hydrogens (tertiary/aromatic N) is 1. The molecular weight excluding hydrogens is 292 g/mol. The van der Waals surface area contributed by atoms with Crippen molar-refractivity contribution < 1.29 is 18.9 Å². The molecule has 1 aliphatic heterocycles. The van der Waals surface area contributed by atoms with E-state index in [1.807, 2.05) is 0 Å². The number of benzene rings is 1. The number of carbonyl (C=O) groups excluding carboxylic acids is 1. The Hall–Kier alpha value is -1.89. The van der Waals surface area contributed by atoms with E-state index in [0.717, 1.165) is 5.56 Å². The molecule has 2 amide bonds. The van der Waals surface area contributed by atoms with Crippen LogP contribution < -0.4 is 10.2 Å². The highest BCUT2D eigenvalue weighted by molar-refractivity contribution is 7.84. The van der Waals surface area contributed by atoms with Gasteiger partial charge >= 0.3 is 12.0 Å². The van der Waals surface area contributed by atoms with E-state index < -0.39 is 16.8 Å². The number of rotatable bonds is 4. The molecule has 2 unspecified atom stereocenters. The van der Waals surface area contributed by atoms with Crippen molar-refractivity contribution >= 4 is 28.5 Å². The van der Waals surface area contributed by atoms with E-state index in [4.69, 9.17) is 5.11 Å². The Morgan fingerprint density at radius 3 is 2.81 bits per heavy atom. The van der Waals surface area contributed by atoms with E-state index in [2.05, 4.69) is 5.32 Å². The van der Waals surface area contributed by atoms with Crippen molar-refractivity contribution in [3.8, 4) is 0 Å². The fraction of sp³-hybridized carbons (Fsp3) is 0.429. The molecule has 2 N–H and O–H groups in total. The lowest BCUT2D eigenvalue weighted by Crippen LogP contribution is -2.45. The Morgan fingerprint density at radius 2 is 2.19 bits per heavy atom. The third-order valence-electron chi connectivity index (χ3n) is 3.33.